The number of benzene rings is 1. The average molecular weight is 404 g/mol. The van der Waals surface area contributed by atoms with Crippen molar-refractivity contribution in [2.45, 2.75) is 18.9 Å². The number of hydrogen-bond donors (Lipinski definition) is 1. The van der Waals surface area contributed by atoms with Gasteiger partial charge >= 0.3 is 0 Å². The predicted octanol–water partition coefficient (Wildman–Crippen LogP) is 2.97. The summed E-state index contributed by atoms with van der Waals surface area (Å²) in [6.45, 7) is 1.58. The van der Waals surface area contributed by atoms with Gasteiger partial charge in [-0.1, -0.05) is 0 Å². The number of aromatic nitrogens is 1. The fourth-order valence-corrected chi connectivity index (χ4v) is 4.05. The minimum atomic E-state index is -0.139. The van der Waals surface area contributed by atoms with Gasteiger partial charge in [0.15, 0.2) is 16.6 Å². The van der Waals surface area contributed by atoms with Gasteiger partial charge in [-0.05, 0) is 36.6 Å². The Morgan fingerprint density at radius 3 is 2.64 bits per heavy atom. The van der Waals surface area contributed by atoms with E-state index in [0.717, 1.165) is 30.1 Å². The van der Waals surface area contributed by atoms with Gasteiger partial charge in [-0.15, -0.1) is 11.3 Å². The van der Waals surface area contributed by atoms with Crippen LogP contribution >= 0.6 is 11.3 Å². The van der Waals surface area contributed by atoms with E-state index < -0.39 is 0 Å². The minimum absolute atomic E-state index is 0.139. The highest BCUT2D eigenvalue weighted by molar-refractivity contribution is 7.13. The van der Waals surface area contributed by atoms with Crippen molar-refractivity contribution in [1.29, 1.82) is 0 Å². The van der Waals surface area contributed by atoms with Crippen molar-refractivity contribution < 1.29 is 19.0 Å². The summed E-state index contributed by atoms with van der Waals surface area (Å²) in [7, 11) is 4.68. The molecule has 2 heterocycles. The Balaban J connectivity index is 1.61. The Kier molecular flexibility index (Phi) is 6.76. The number of nitrogens with zero attached hydrogens (tertiary/aromatic N) is 2. The van der Waals surface area contributed by atoms with E-state index in [1.807, 2.05) is 11.6 Å². The molecular formula is C20H25N3O4S. The van der Waals surface area contributed by atoms with E-state index >= 15 is 0 Å². The predicted molar refractivity (Wildman–Crippen MR) is 111 cm³/mol. The minimum Gasteiger partial charge on any atom is -0.493 e. The van der Waals surface area contributed by atoms with Crippen LogP contribution in [0.2, 0.25) is 0 Å². The molecule has 8 heteroatoms. The number of carbonyl (C=O) groups excluding carboxylic acids is 1. The van der Waals surface area contributed by atoms with Gasteiger partial charge in [-0.25, -0.2) is 4.98 Å². The smallest absolute Gasteiger partial charge is 0.244 e. The number of anilines is 1. The Hall–Kier alpha value is -2.74. The molecule has 0 aliphatic carbocycles. The summed E-state index contributed by atoms with van der Waals surface area (Å²) in [5.74, 6) is 1.48. The maximum Gasteiger partial charge on any atom is 0.244 e. The van der Waals surface area contributed by atoms with Crippen molar-refractivity contribution in [3.8, 4) is 17.2 Å². The molecule has 28 heavy (non-hydrogen) atoms. The molecule has 1 aromatic heterocycles. The molecule has 1 fully saturated rings. The highest BCUT2D eigenvalue weighted by Gasteiger charge is 2.26. The van der Waals surface area contributed by atoms with Gasteiger partial charge in [0, 0.05) is 36.8 Å². The lowest BCUT2D eigenvalue weighted by atomic mass is 10.1. The summed E-state index contributed by atoms with van der Waals surface area (Å²) in [4.78, 5) is 18.9. The molecule has 1 amide bonds. The number of rotatable bonds is 8. The van der Waals surface area contributed by atoms with E-state index in [2.05, 4.69) is 15.2 Å². The molecule has 7 nitrogen and oxygen atoms in total. The van der Waals surface area contributed by atoms with Gasteiger partial charge in [0.05, 0.1) is 21.3 Å². The molecule has 0 saturated carbocycles. The highest BCUT2D eigenvalue weighted by atomic mass is 32.1. The summed E-state index contributed by atoms with van der Waals surface area (Å²) in [6.07, 6.45) is 7.22. The zero-order valence-electron chi connectivity index (χ0n) is 16.3. The molecule has 0 bridgehead atoms. The van der Waals surface area contributed by atoms with E-state index in [0.29, 0.717) is 23.8 Å². The summed E-state index contributed by atoms with van der Waals surface area (Å²) in [5.41, 5.74) is 0.787. The first kappa shape index (κ1) is 20.0. The molecule has 1 atom stereocenters. The van der Waals surface area contributed by atoms with Crippen LogP contribution in [-0.2, 0) is 4.79 Å². The monoisotopic (exact) mass is 403 g/mol. The van der Waals surface area contributed by atoms with Crippen molar-refractivity contribution in [2.24, 2.45) is 0 Å². The van der Waals surface area contributed by atoms with Crippen LogP contribution < -0.4 is 24.4 Å². The van der Waals surface area contributed by atoms with Gasteiger partial charge < -0.3 is 24.4 Å². The quantitative estimate of drug-likeness (QED) is 0.683. The first-order valence-electron chi connectivity index (χ1n) is 9.08. The van der Waals surface area contributed by atoms with Crippen LogP contribution in [0.4, 0.5) is 5.13 Å². The second-order valence-corrected chi connectivity index (χ2v) is 7.21. The first-order chi connectivity index (χ1) is 13.7. The molecule has 0 spiro atoms. The van der Waals surface area contributed by atoms with Crippen molar-refractivity contribution >= 4 is 28.5 Å². The zero-order chi connectivity index (χ0) is 19.9. The maximum absolute atomic E-state index is 12.3. The number of amides is 1. The molecule has 1 N–H and O–H groups in total. The van der Waals surface area contributed by atoms with E-state index in [1.54, 1.807) is 50.9 Å². The van der Waals surface area contributed by atoms with Crippen molar-refractivity contribution in [2.75, 3.05) is 39.3 Å². The molecule has 1 aromatic carbocycles. The molecular weight excluding hydrogens is 378 g/mol. The lowest BCUT2D eigenvalue weighted by molar-refractivity contribution is -0.116. The summed E-state index contributed by atoms with van der Waals surface area (Å²) in [5, 5.41) is 5.98. The zero-order valence-corrected chi connectivity index (χ0v) is 17.1. The fraction of sp³-hybridized carbons (Fsp3) is 0.400. The molecule has 2 aromatic rings. The number of ether oxygens (including phenoxy) is 3. The third kappa shape index (κ3) is 4.56. The number of nitrogens with one attached hydrogen (secondary N) is 1. The second kappa shape index (κ2) is 9.45. The summed E-state index contributed by atoms with van der Waals surface area (Å²) in [6, 6.07) is 3.88. The third-order valence-corrected chi connectivity index (χ3v) is 5.48. The maximum atomic E-state index is 12.3. The molecule has 1 saturated heterocycles. The third-order valence-electron chi connectivity index (χ3n) is 4.67. The van der Waals surface area contributed by atoms with Crippen molar-refractivity contribution in [3.05, 3.63) is 35.3 Å². The average Bonchev–Trinajstić information content (AvgIpc) is 3.40. The summed E-state index contributed by atoms with van der Waals surface area (Å²) < 4.78 is 16.0. The number of thiazole rings is 1. The molecule has 0 radical (unpaired) electrons. The SMILES string of the molecule is COc1cc(/C=C/C(=O)NCC2CCCN2c2nccs2)cc(OC)c1OC. The molecule has 150 valence electrons. The Labute approximate surface area is 168 Å². The van der Waals surface area contributed by atoms with Crippen LogP contribution in [0.5, 0.6) is 17.2 Å². The van der Waals surface area contributed by atoms with Crippen LogP contribution in [-0.4, -0.2) is 51.4 Å². The fourth-order valence-electron chi connectivity index (χ4n) is 3.30. The van der Waals surface area contributed by atoms with E-state index in [9.17, 15) is 4.79 Å². The van der Waals surface area contributed by atoms with E-state index in [1.165, 1.54) is 6.08 Å². The van der Waals surface area contributed by atoms with Gasteiger partial charge in [-0.3, -0.25) is 4.79 Å². The topological polar surface area (TPSA) is 72.9 Å². The van der Waals surface area contributed by atoms with Gasteiger partial charge in [0.25, 0.3) is 0 Å². The van der Waals surface area contributed by atoms with Crippen LogP contribution in [0.1, 0.15) is 18.4 Å². The Morgan fingerprint density at radius 2 is 2.04 bits per heavy atom. The lowest BCUT2D eigenvalue weighted by Gasteiger charge is -2.23. The van der Waals surface area contributed by atoms with Crippen LogP contribution in [0.15, 0.2) is 29.8 Å². The standard InChI is InChI=1S/C20H25N3O4S/c1-25-16-11-14(12-17(26-2)19(16)27-3)6-7-18(24)22-13-15-5-4-9-23(15)20-21-8-10-28-20/h6-8,10-12,15H,4-5,9,13H2,1-3H3,(H,22,24)/b7-6+. The Morgan fingerprint density at radius 1 is 1.29 bits per heavy atom. The largest absolute Gasteiger partial charge is 0.493 e. The normalized spacial score (nSPS) is 16.4. The van der Waals surface area contributed by atoms with Crippen molar-refractivity contribution in [3.63, 3.8) is 0 Å². The highest BCUT2D eigenvalue weighted by Crippen LogP contribution is 2.38. The van der Waals surface area contributed by atoms with Gasteiger partial charge in [0.2, 0.25) is 11.7 Å². The van der Waals surface area contributed by atoms with Gasteiger partial charge in [0.1, 0.15) is 0 Å². The number of hydrogen-bond acceptors (Lipinski definition) is 7. The Bertz CT molecular complexity index is 798. The second-order valence-electron chi connectivity index (χ2n) is 6.34. The van der Waals surface area contributed by atoms with Crippen molar-refractivity contribution in [1.82, 2.24) is 10.3 Å². The van der Waals surface area contributed by atoms with E-state index in [-0.39, 0.29) is 11.9 Å². The van der Waals surface area contributed by atoms with Crippen LogP contribution in [0, 0.1) is 0 Å². The molecule has 1 aliphatic heterocycles. The first-order valence-corrected chi connectivity index (χ1v) is 9.96. The number of carbonyl (C=O) groups is 1. The van der Waals surface area contributed by atoms with Crippen LogP contribution in [0.3, 0.4) is 0 Å². The molecule has 1 aliphatic rings. The van der Waals surface area contributed by atoms with Crippen LogP contribution in [0.25, 0.3) is 6.08 Å². The lowest BCUT2D eigenvalue weighted by Crippen LogP contribution is -2.39. The number of methoxy groups -OCH3 is 3. The molecule has 3 rings (SSSR count). The summed E-state index contributed by atoms with van der Waals surface area (Å²) >= 11 is 1.63. The van der Waals surface area contributed by atoms with Gasteiger partial charge in [-0.2, -0.15) is 0 Å². The van der Waals surface area contributed by atoms with E-state index in [4.69, 9.17) is 14.2 Å². The molecule has 1 unspecified atom stereocenters.